The van der Waals surface area contributed by atoms with Gasteiger partial charge in [-0.25, -0.2) is 4.39 Å². The molecule has 0 aliphatic rings. The van der Waals surface area contributed by atoms with Gasteiger partial charge < -0.3 is 4.74 Å². The van der Waals surface area contributed by atoms with Crippen LogP contribution in [-0.4, -0.2) is 18.4 Å². The van der Waals surface area contributed by atoms with Crippen molar-refractivity contribution in [2.75, 3.05) is 6.61 Å². The lowest BCUT2D eigenvalue weighted by Crippen LogP contribution is -2.27. The average molecular weight is 287 g/mol. The van der Waals surface area contributed by atoms with E-state index in [0.29, 0.717) is 6.42 Å². The van der Waals surface area contributed by atoms with E-state index in [1.807, 2.05) is 0 Å². The molecular formula is C14H16ClFO3. The van der Waals surface area contributed by atoms with Crippen LogP contribution in [0, 0.1) is 11.7 Å². The molecule has 1 atom stereocenters. The highest BCUT2D eigenvalue weighted by atomic mass is 35.5. The third-order valence-corrected chi connectivity index (χ3v) is 3.13. The fraction of sp³-hybridized carbons (Fsp3) is 0.429. The van der Waals surface area contributed by atoms with Crippen molar-refractivity contribution in [2.45, 2.75) is 26.7 Å². The molecule has 3 nitrogen and oxygen atoms in total. The van der Waals surface area contributed by atoms with Gasteiger partial charge in [-0.3, -0.25) is 9.59 Å². The molecule has 0 heterocycles. The second-order valence-electron chi connectivity index (χ2n) is 4.06. The Labute approximate surface area is 116 Å². The summed E-state index contributed by atoms with van der Waals surface area (Å²) in [5.74, 6) is -2.36. The minimum atomic E-state index is -0.865. The van der Waals surface area contributed by atoms with E-state index in [4.69, 9.17) is 16.3 Å². The maximum Gasteiger partial charge on any atom is 0.316 e. The lowest BCUT2D eigenvalue weighted by atomic mass is 9.95. The molecule has 0 aromatic heterocycles. The molecule has 1 rings (SSSR count). The fourth-order valence-electron chi connectivity index (χ4n) is 1.77. The van der Waals surface area contributed by atoms with Gasteiger partial charge in [-0.15, -0.1) is 0 Å². The molecule has 0 amide bonds. The number of rotatable bonds is 6. The number of carbonyl (C=O) groups excluding carboxylic acids is 2. The average Bonchev–Trinajstić information content (AvgIpc) is 2.35. The van der Waals surface area contributed by atoms with Crippen molar-refractivity contribution in [1.29, 1.82) is 0 Å². The first-order chi connectivity index (χ1) is 9.01. The molecule has 104 valence electrons. The summed E-state index contributed by atoms with van der Waals surface area (Å²) in [5.41, 5.74) is 0.122. The monoisotopic (exact) mass is 286 g/mol. The number of Topliss-reactive ketones (excluding diaryl/α,β-unsaturated/α-hetero) is 1. The Balaban J connectivity index is 2.86. The molecule has 0 radical (unpaired) electrons. The van der Waals surface area contributed by atoms with Gasteiger partial charge in [-0.2, -0.15) is 0 Å². The number of hydrogen-bond acceptors (Lipinski definition) is 3. The first kappa shape index (κ1) is 15.6. The maximum atomic E-state index is 13.6. The predicted molar refractivity (Wildman–Crippen MR) is 70.5 cm³/mol. The van der Waals surface area contributed by atoms with E-state index < -0.39 is 17.7 Å². The maximum absolute atomic E-state index is 13.6. The van der Waals surface area contributed by atoms with E-state index >= 15 is 0 Å². The molecule has 19 heavy (non-hydrogen) atoms. The predicted octanol–water partition coefficient (Wildman–Crippen LogP) is 3.18. The second kappa shape index (κ2) is 7.24. The van der Waals surface area contributed by atoms with Crippen molar-refractivity contribution in [3.63, 3.8) is 0 Å². The van der Waals surface area contributed by atoms with Crippen LogP contribution in [-0.2, 0) is 20.7 Å². The largest absolute Gasteiger partial charge is 0.465 e. The minimum Gasteiger partial charge on any atom is -0.465 e. The van der Waals surface area contributed by atoms with Crippen LogP contribution in [0.3, 0.4) is 0 Å². The van der Waals surface area contributed by atoms with Crippen LogP contribution in [0.5, 0.6) is 0 Å². The molecular weight excluding hydrogens is 271 g/mol. The van der Waals surface area contributed by atoms with Gasteiger partial charge in [0.2, 0.25) is 0 Å². The van der Waals surface area contributed by atoms with Crippen molar-refractivity contribution >= 4 is 23.4 Å². The lowest BCUT2D eigenvalue weighted by molar-refractivity contribution is -0.151. The van der Waals surface area contributed by atoms with Gasteiger partial charge in [-0.1, -0.05) is 24.6 Å². The molecule has 0 saturated heterocycles. The van der Waals surface area contributed by atoms with Gasteiger partial charge >= 0.3 is 5.97 Å². The van der Waals surface area contributed by atoms with Crippen molar-refractivity contribution in [3.8, 4) is 0 Å². The molecule has 1 aromatic carbocycles. The number of ether oxygens (including phenoxy) is 1. The van der Waals surface area contributed by atoms with Gasteiger partial charge in [-0.05, 0) is 25.5 Å². The van der Waals surface area contributed by atoms with E-state index in [0.717, 1.165) is 0 Å². The third kappa shape index (κ3) is 4.03. The van der Waals surface area contributed by atoms with E-state index in [1.54, 1.807) is 13.8 Å². The van der Waals surface area contributed by atoms with Crippen molar-refractivity contribution in [2.24, 2.45) is 5.92 Å². The van der Waals surface area contributed by atoms with Crippen molar-refractivity contribution in [1.82, 2.24) is 0 Å². The number of ketones is 1. The van der Waals surface area contributed by atoms with E-state index in [9.17, 15) is 14.0 Å². The molecule has 5 heteroatoms. The van der Waals surface area contributed by atoms with Crippen LogP contribution in [0.25, 0.3) is 0 Å². The van der Waals surface area contributed by atoms with Gasteiger partial charge in [0.25, 0.3) is 0 Å². The molecule has 1 aromatic rings. The van der Waals surface area contributed by atoms with Crippen molar-refractivity contribution in [3.05, 3.63) is 34.6 Å². The Hall–Kier alpha value is -1.42. The second-order valence-corrected chi connectivity index (χ2v) is 4.46. The van der Waals surface area contributed by atoms with E-state index in [-0.39, 0.29) is 29.4 Å². The summed E-state index contributed by atoms with van der Waals surface area (Å²) < 4.78 is 18.4. The Morgan fingerprint density at radius 2 is 2.05 bits per heavy atom. The normalized spacial score (nSPS) is 12.0. The quantitative estimate of drug-likeness (QED) is 0.596. The van der Waals surface area contributed by atoms with Gasteiger partial charge in [0.15, 0.2) is 5.78 Å². The summed E-state index contributed by atoms with van der Waals surface area (Å²) in [6, 6.07) is 4.21. The first-order valence-corrected chi connectivity index (χ1v) is 6.51. The highest BCUT2D eigenvalue weighted by Crippen LogP contribution is 2.21. The fourth-order valence-corrected chi connectivity index (χ4v) is 2.00. The minimum absolute atomic E-state index is 0.122. The number of benzene rings is 1. The number of hydrogen-bond donors (Lipinski definition) is 0. The molecule has 0 fully saturated rings. The molecule has 0 saturated carbocycles. The Morgan fingerprint density at radius 1 is 1.37 bits per heavy atom. The molecule has 0 aliphatic heterocycles. The Kier molecular flexibility index (Phi) is 5.96. The lowest BCUT2D eigenvalue weighted by Gasteiger charge is -2.13. The van der Waals surface area contributed by atoms with E-state index in [1.165, 1.54) is 18.2 Å². The van der Waals surface area contributed by atoms with Crippen LogP contribution >= 0.6 is 11.6 Å². The smallest absolute Gasteiger partial charge is 0.316 e. The summed E-state index contributed by atoms with van der Waals surface area (Å²) in [6.07, 6.45) is 0.118. The summed E-state index contributed by atoms with van der Waals surface area (Å²) in [6.45, 7) is 3.59. The molecule has 0 aliphatic carbocycles. The van der Waals surface area contributed by atoms with Crippen LogP contribution in [0.4, 0.5) is 4.39 Å². The summed E-state index contributed by atoms with van der Waals surface area (Å²) >= 11 is 5.85. The summed E-state index contributed by atoms with van der Waals surface area (Å²) in [7, 11) is 0. The van der Waals surface area contributed by atoms with Crippen molar-refractivity contribution < 1.29 is 18.7 Å². The first-order valence-electron chi connectivity index (χ1n) is 6.13. The van der Waals surface area contributed by atoms with Crippen LogP contribution in [0.15, 0.2) is 18.2 Å². The molecule has 1 unspecified atom stereocenters. The zero-order valence-electron chi connectivity index (χ0n) is 10.9. The zero-order valence-corrected chi connectivity index (χ0v) is 11.7. The third-order valence-electron chi connectivity index (χ3n) is 2.78. The molecule has 0 spiro atoms. The zero-order chi connectivity index (χ0) is 14.4. The Morgan fingerprint density at radius 3 is 2.58 bits per heavy atom. The molecule has 0 bridgehead atoms. The van der Waals surface area contributed by atoms with Crippen LogP contribution in [0.2, 0.25) is 5.02 Å². The highest BCUT2D eigenvalue weighted by Gasteiger charge is 2.27. The van der Waals surface area contributed by atoms with Crippen LogP contribution < -0.4 is 0 Å². The van der Waals surface area contributed by atoms with E-state index in [2.05, 4.69) is 0 Å². The van der Waals surface area contributed by atoms with Gasteiger partial charge in [0.05, 0.1) is 6.61 Å². The number of carbonyl (C=O) groups is 2. The summed E-state index contributed by atoms with van der Waals surface area (Å²) in [4.78, 5) is 23.6. The van der Waals surface area contributed by atoms with Gasteiger partial charge in [0.1, 0.15) is 11.7 Å². The van der Waals surface area contributed by atoms with Gasteiger partial charge in [0, 0.05) is 17.0 Å². The highest BCUT2D eigenvalue weighted by molar-refractivity contribution is 6.31. The van der Waals surface area contributed by atoms with Crippen LogP contribution in [0.1, 0.15) is 25.8 Å². The number of esters is 1. The molecule has 0 N–H and O–H groups in total. The standard InChI is InChI=1S/C14H16ClFO3/c1-3-9(14(18)19-4-2)13(17)8-10-11(15)6-5-7-12(10)16/h5-7,9H,3-4,8H2,1-2H3. The SMILES string of the molecule is CCOC(=O)C(CC)C(=O)Cc1c(F)cccc1Cl. The Bertz CT molecular complexity index is 454. The topological polar surface area (TPSA) is 43.4 Å². The number of halogens is 2. The summed E-state index contributed by atoms with van der Waals surface area (Å²) in [5, 5.41) is 0.187.